The molecule has 0 saturated heterocycles. The Balaban J connectivity index is 1.23. The lowest BCUT2D eigenvalue weighted by atomic mass is 9.48. The molecule has 0 aliphatic heterocycles. The minimum Gasteiger partial charge on any atom is -0.508 e. The third-order valence-corrected chi connectivity index (χ3v) is 14.1. The Kier molecular flexibility index (Phi) is 10.3. The number of amides is 4. The number of imide groups is 1. The van der Waals surface area contributed by atoms with Crippen LogP contribution in [0.3, 0.4) is 0 Å². The smallest absolute Gasteiger partial charge is 0.303 e. The molecule has 0 heterocycles. The van der Waals surface area contributed by atoms with Crippen molar-refractivity contribution in [1.82, 2.24) is 10.2 Å². The number of aromatic hydroxyl groups is 1. The topological polar surface area (TPSA) is 179 Å². The highest BCUT2D eigenvalue weighted by atomic mass is 16.4. The number of phenolic OH excluding ortho intramolecular Hbond substituents is 1. The fraction of sp³-hybridized carbons (Fsp3) is 0.595. The number of hydrogen-bond donors (Lipinski definition) is 5. The molecule has 53 heavy (non-hydrogen) atoms. The molecule has 2 saturated carbocycles. The molecular formula is C42H56N4O7. The Bertz CT molecular complexity index is 1810. The molecule has 0 spiro atoms. The van der Waals surface area contributed by atoms with Gasteiger partial charge in [-0.3, -0.25) is 28.9 Å². The van der Waals surface area contributed by atoms with Gasteiger partial charge in [-0.2, -0.15) is 0 Å². The normalized spacial score (nSPS) is 31.3. The van der Waals surface area contributed by atoms with Gasteiger partial charge in [0, 0.05) is 12.1 Å². The molecule has 6 rings (SSSR count). The van der Waals surface area contributed by atoms with E-state index in [9.17, 15) is 24.3 Å². The first-order valence-corrected chi connectivity index (χ1v) is 19.3. The van der Waals surface area contributed by atoms with Gasteiger partial charge in [-0.1, -0.05) is 45.7 Å². The summed E-state index contributed by atoms with van der Waals surface area (Å²) >= 11 is 0. The summed E-state index contributed by atoms with van der Waals surface area (Å²) in [7, 11) is 0. The quantitative estimate of drug-likeness (QED) is 0.200. The average Bonchev–Trinajstić information content (AvgIpc) is 3.11. The summed E-state index contributed by atoms with van der Waals surface area (Å²) in [6.07, 6.45) is 8.70. The van der Waals surface area contributed by atoms with Crippen LogP contribution in [0, 0.1) is 17.3 Å². The highest BCUT2D eigenvalue weighted by molar-refractivity contribution is 5.98. The number of nitrogens with one attached hydrogen (secondary N) is 2. The Morgan fingerprint density at radius 3 is 2.15 bits per heavy atom. The van der Waals surface area contributed by atoms with E-state index in [1.54, 1.807) is 17.9 Å². The van der Waals surface area contributed by atoms with E-state index in [-0.39, 0.29) is 47.2 Å². The number of carbonyl (C=O) groups excluding carboxylic acids is 4. The minimum absolute atomic E-state index is 0.0365. The number of benzene rings is 2. The highest BCUT2D eigenvalue weighted by Gasteiger charge is 2.60. The van der Waals surface area contributed by atoms with E-state index in [1.807, 2.05) is 30.3 Å². The van der Waals surface area contributed by atoms with Crippen molar-refractivity contribution in [2.75, 3.05) is 5.32 Å². The van der Waals surface area contributed by atoms with Crippen molar-refractivity contribution in [3.8, 4) is 5.75 Å². The number of anilines is 1. The predicted octanol–water partition coefficient (Wildman–Crippen LogP) is 5.49. The van der Waals surface area contributed by atoms with Crippen LogP contribution in [0.2, 0.25) is 0 Å². The van der Waals surface area contributed by atoms with Gasteiger partial charge in [0.1, 0.15) is 11.8 Å². The first kappa shape index (κ1) is 38.5. The number of fused-ring (bicyclic) bond motifs is 6. The van der Waals surface area contributed by atoms with Crippen LogP contribution in [-0.4, -0.2) is 62.8 Å². The molecule has 2 fully saturated rings. The van der Waals surface area contributed by atoms with Crippen LogP contribution < -0.4 is 16.4 Å². The van der Waals surface area contributed by atoms with Gasteiger partial charge in [0.25, 0.3) is 0 Å². The number of carbonyl (C=O) groups is 5. The number of rotatable bonds is 10. The molecule has 6 N–H and O–H groups in total. The SMILES string of the molecule is C[C@H](NC(=O)[C@@H](N)CCC(=O)O)C(=O)Nc1ccc2c(c1)[C@@]1(C)CCC[C@](C)(C(=O)N(C=O)[C@@]3(C)CCC[C@]4(C)c5cc(O)ccc5CC[C@@H]34)[C@@H]1CC2. The molecule has 11 heteroatoms. The minimum atomic E-state index is -1.05. The number of hydrogen-bond acceptors (Lipinski definition) is 7. The van der Waals surface area contributed by atoms with Crippen LogP contribution in [0.1, 0.15) is 121 Å². The first-order valence-electron chi connectivity index (χ1n) is 19.3. The third kappa shape index (κ3) is 6.63. The van der Waals surface area contributed by atoms with Gasteiger partial charge in [-0.15, -0.1) is 0 Å². The van der Waals surface area contributed by atoms with Crippen LogP contribution in [0.4, 0.5) is 5.69 Å². The highest BCUT2D eigenvalue weighted by Crippen LogP contribution is 2.60. The molecule has 2 aromatic carbocycles. The predicted molar refractivity (Wildman–Crippen MR) is 201 cm³/mol. The van der Waals surface area contributed by atoms with Crippen LogP contribution in [0.15, 0.2) is 36.4 Å². The van der Waals surface area contributed by atoms with Gasteiger partial charge >= 0.3 is 5.97 Å². The van der Waals surface area contributed by atoms with E-state index >= 15 is 4.79 Å². The largest absolute Gasteiger partial charge is 0.508 e. The van der Waals surface area contributed by atoms with E-state index in [4.69, 9.17) is 10.8 Å². The number of aliphatic carboxylic acids is 1. The molecule has 4 amide bonds. The van der Waals surface area contributed by atoms with E-state index in [0.717, 1.165) is 75.3 Å². The molecule has 0 bridgehead atoms. The Morgan fingerprint density at radius 1 is 0.887 bits per heavy atom. The van der Waals surface area contributed by atoms with Crippen LogP contribution in [0.25, 0.3) is 0 Å². The van der Waals surface area contributed by atoms with Gasteiger partial charge in [0.05, 0.1) is 17.0 Å². The summed E-state index contributed by atoms with van der Waals surface area (Å²) in [6.45, 7) is 10.2. The van der Waals surface area contributed by atoms with Gasteiger partial charge in [-0.25, -0.2) is 0 Å². The summed E-state index contributed by atoms with van der Waals surface area (Å²) in [5.41, 5.74) is 8.93. The number of carboxylic acid groups (broad SMARTS) is 1. The molecule has 11 nitrogen and oxygen atoms in total. The summed E-state index contributed by atoms with van der Waals surface area (Å²) in [4.78, 5) is 66.6. The van der Waals surface area contributed by atoms with Crippen molar-refractivity contribution in [3.05, 3.63) is 58.7 Å². The lowest BCUT2D eigenvalue weighted by Crippen LogP contribution is -2.66. The zero-order valence-corrected chi connectivity index (χ0v) is 31.8. The summed E-state index contributed by atoms with van der Waals surface area (Å²) in [6, 6.07) is 9.60. The molecule has 0 unspecified atom stereocenters. The van der Waals surface area contributed by atoms with E-state index < -0.39 is 40.8 Å². The maximum atomic E-state index is 15.2. The monoisotopic (exact) mass is 728 g/mol. The number of nitrogens with two attached hydrogens (primary N) is 1. The summed E-state index contributed by atoms with van der Waals surface area (Å²) in [5, 5.41) is 24.9. The lowest BCUT2D eigenvalue weighted by molar-refractivity contribution is -0.166. The summed E-state index contributed by atoms with van der Waals surface area (Å²) < 4.78 is 0. The molecule has 286 valence electrons. The number of nitrogens with zero attached hydrogens (tertiary/aromatic N) is 1. The van der Waals surface area contributed by atoms with Gasteiger partial charge in [-0.05, 0) is 141 Å². The zero-order valence-electron chi connectivity index (χ0n) is 31.8. The second kappa shape index (κ2) is 14.2. The van der Waals surface area contributed by atoms with Crippen molar-refractivity contribution in [1.29, 1.82) is 0 Å². The lowest BCUT2D eigenvalue weighted by Gasteiger charge is -2.60. The molecule has 4 aliphatic rings. The number of aryl methyl sites for hydroxylation is 2. The van der Waals surface area contributed by atoms with Crippen molar-refractivity contribution in [2.45, 2.75) is 140 Å². The second-order valence-corrected chi connectivity index (χ2v) is 17.3. The van der Waals surface area contributed by atoms with Crippen molar-refractivity contribution >= 4 is 35.8 Å². The Hall–Kier alpha value is -4.25. The molecule has 0 radical (unpaired) electrons. The maximum absolute atomic E-state index is 15.2. The first-order chi connectivity index (χ1) is 25.0. The number of phenols is 1. The van der Waals surface area contributed by atoms with E-state index in [0.29, 0.717) is 12.1 Å². The van der Waals surface area contributed by atoms with Crippen LogP contribution >= 0.6 is 0 Å². The fourth-order valence-electron chi connectivity index (χ4n) is 11.2. The third-order valence-electron chi connectivity index (χ3n) is 14.1. The van der Waals surface area contributed by atoms with E-state index in [1.165, 1.54) is 11.1 Å². The average molecular weight is 729 g/mol. The fourth-order valence-corrected chi connectivity index (χ4v) is 11.2. The van der Waals surface area contributed by atoms with Crippen molar-refractivity contribution < 1.29 is 34.2 Å². The molecule has 0 aromatic heterocycles. The molecule has 2 aromatic rings. The maximum Gasteiger partial charge on any atom is 0.303 e. The second-order valence-electron chi connectivity index (χ2n) is 17.3. The van der Waals surface area contributed by atoms with Crippen molar-refractivity contribution in [3.63, 3.8) is 0 Å². The standard InChI is InChI=1S/C42H56N4O7/c1-25(44-37(52)32(43)14-17-35(49)50)36(51)45-28-12-8-26-10-15-33-39(2,30(26)22-28)18-6-20-41(33,4)38(53)46(24-47)42(5)21-7-19-40(3)31-23-29(48)13-9-27(31)11-16-34(40)42/h8-9,12-13,22-25,32-34,48H,6-7,10-11,14-21,43H2,1-5H3,(H,44,52)(H,45,51)(H,49,50)/t25-,32-,33+,34+,39+,40+,41-,42-/m0/s1. The van der Waals surface area contributed by atoms with Crippen LogP contribution in [0.5, 0.6) is 5.75 Å². The summed E-state index contributed by atoms with van der Waals surface area (Å²) in [5.74, 6) is -1.92. The molecule has 8 atom stereocenters. The Morgan fingerprint density at radius 2 is 1.49 bits per heavy atom. The Labute approximate surface area is 312 Å². The van der Waals surface area contributed by atoms with Crippen LogP contribution in [-0.2, 0) is 47.6 Å². The van der Waals surface area contributed by atoms with Gasteiger partial charge in [0.15, 0.2) is 0 Å². The molecule has 4 aliphatic carbocycles. The van der Waals surface area contributed by atoms with E-state index in [2.05, 4.69) is 38.3 Å². The molecular weight excluding hydrogens is 672 g/mol. The number of carboxylic acids is 1. The van der Waals surface area contributed by atoms with Gasteiger partial charge < -0.3 is 26.6 Å². The van der Waals surface area contributed by atoms with Gasteiger partial charge in [0.2, 0.25) is 24.1 Å². The van der Waals surface area contributed by atoms with Crippen molar-refractivity contribution in [2.24, 2.45) is 23.0 Å². The zero-order chi connectivity index (χ0) is 38.5.